The van der Waals surface area contributed by atoms with Crippen LogP contribution in [0.25, 0.3) is 0 Å². The molecule has 1 aliphatic heterocycles. The number of nitrogens with one attached hydrogen (secondary N) is 1. The summed E-state index contributed by atoms with van der Waals surface area (Å²) in [5.74, 6) is 0.820. The maximum absolute atomic E-state index is 12.8. The van der Waals surface area contributed by atoms with Crippen LogP contribution in [0.3, 0.4) is 0 Å². The van der Waals surface area contributed by atoms with E-state index in [-0.39, 0.29) is 11.8 Å². The quantitative estimate of drug-likeness (QED) is 0.665. The molecule has 1 saturated heterocycles. The Labute approximate surface area is 178 Å². The summed E-state index contributed by atoms with van der Waals surface area (Å²) in [5.41, 5.74) is 2.35. The largest absolute Gasteiger partial charge is 0.494 e. The fraction of sp³-hybridized carbons (Fsp3) is 0.417. The molecular weight excluding hydrogens is 378 g/mol. The average Bonchev–Trinajstić information content (AvgIpc) is 2.79. The van der Waals surface area contributed by atoms with Crippen LogP contribution in [0.2, 0.25) is 0 Å². The molecule has 0 unspecified atom stereocenters. The topological polar surface area (TPSA) is 61.9 Å². The maximum atomic E-state index is 12.8. The van der Waals surface area contributed by atoms with E-state index in [1.54, 1.807) is 12.1 Å². The zero-order valence-corrected chi connectivity index (χ0v) is 17.9. The van der Waals surface area contributed by atoms with Gasteiger partial charge in [-0.25, -0.2) is 0 Å². The lowest BCUT2D eigenvalue weighted by Crippen LogP contribution is -2.48. The highest BCUT2D eigenvalue weighted by Crippen LogP contribution is 2.27. The highest BCUT2D eigenvalue weighted by molar-refractivity contribution is 6.06. The highest BCUT2D eigenvalue weighted by Gasteiger charge is 2.22. The number of hydrogen-bond donors (Lipinski definition) is 1. The fourth-order valence-corrected chi connectivity index (χ4v) is 3.51. The molecule has 0 bridgehead atoms. The van der Waals surface area contributed by atoms with Crippen molar-refractivity contribution in [3.63, 3.8) is 0 Å². The molecule has 0 radical (unpaired) electrons. The molecule has 1 fully saturated rings. The van der Waals surface area contributed by atoms with Gasteiger partial charge in [0.05, 0.1) is 18.0 Å². The molecular formula is C24H31N3O3. The van der Waals surface area contributed by atoms with E-state index in [0.29, 0.717) is 31.7 Å². The lowest BCUT2D eigenvalue weighted by atomic mass is 10.1. The normalized spacial score (nSPS) is 13.8. The Morgan fingerprint density at radius 3 is 2.33 bits per heavy atom. The second-order valence-electron chi connectivity index (χ2n) is 7.42. The van der Waals surface area contributed by atoms with Crippen LogP contribution in [0.1, 0.15) is 43.5 Å². The molecule has 2 aromatic rings. The molecule has 2 amide bonds. The van der Waals surface area contributed by atoms with Crippen molar-refractivity contribution in [2.24, 2.45) is 0 Å². The molecule has 1 heterocycles. The summed E-state index contributed by atoms with van der Waals surface area (Å²) in [6, 6.07) is 15.1. The van der Waals surface area contributed by atoms with Gasteiger partial charge >= 0.3 is 0 Å². The van der Waals surface area contributed by atoms with Crippen molar-refractivity contribution in [1.82, 2.24) is 4.90 Å². The number of piperazine rings is 1. The van der Waals surface area contributed by atoms with Crippen LogP contribution >= 0.6 is 0 Å². The number of anilines is 2. The van der Waals surface area contributed by atoms with Crippen molar-refractivity contribution >= 4 is 23.2 Å². The Hall–Kier alpha value is -3.02. The average molecular weight is 410 g/mol. The minimum atomic E-state index is -0.151. The van der Waals surface area contributed by atoms with Crippen LogP contribution in [0.5, 0.6) is 5.75 Å². The van der Waals surface area contributed by atoms with Crippen LogP contribution in [0.4, 0.5) is 11.4 Å². The number of carbonyl (C=O) groups is 2. The molecule has 0 spiro atoms. The van der Waals surface area contributed by atoms with Crippen molar-refractivity contribution in [1.29, 1.82) is 0 Å². The first-order valence-electron chi connectivity index (χ1n) is 10.8. The number of benzene rings is 2. The Kier molecular flexibility index (Phi) is 7.71. The number of rotatable bonds is 8. The van der Waals surface area contributed by atoms with E-state index in [2.05, 4.69) is 17.1 Å². The van der Waals surface area contributed by atoms with Crippen molar-refractivity contribution in [3.8, 4) is 5.75 Å². The molecule has 6 heteroatoms. The summed E-state index contributed by atoms with van der Waals surface area (Å²) in [6.45, 7) is 7.61. The minimum Gasteiger partial charge on any atom is -0.494 e. The van der Waals surface area contributed by atoms with E-state index in [1.807, 2.05) is 48.2 Å². The first-order chi connectivity index (χ1) is 14.6. The number of carbonyl (C=O) groups excluding carboxylic acids is 2. The van der Waals surface area contributed by atoms with Gasteiger partial charge in [-0.05, 0) is 42.8 Å². The van der Waals surface area contributed by atoms with Gasteiger partial charge in [-0.2, -0.15) is 0 Å². The monoisotopic (exact) mass is 409 g/mol. The van der Waals surface area contributed by atoms with Crippen LogP contribution in [0, 0.1) is 0 Å². The summed E-state index contributed by atoms with van der Waals surface area (Å²) < 4.78 is 5.67. The first kappa shape index (κ1) is 21.7. The van der Waals surface area contributed by atoms with E-state index in [0.717, 1.165) is 43.1 Å². The maximum Gasteiger partial charge on any atom is 0.255 e. The van der Waals surface area contributed by atoms with Crippen LogP contribution in [-0.4, -0.2) is 49.5 Å². The summed E-state index contributed by atoms with van der Waals surface area (Å²) in [7, 11) is 0. The second-order valence-corrected chi connectivity index (χ2v) is 7.42. The lowest BCUT2D eigenvalue weighted by molar-refractivity contribution is -0.131. The van der Waals surface area contributed by atoms with E-state index in [4.69, 9.17) is 4.74 Å². The number of ether oxygens (including phenoxy) is 1. The Morgan fingerprint density at radius 1 is 0.967 bits per heavy atom. The van der Waals surface area contributed by atoms with Gasteiger partial charge in [0.2, 0.25) is 5.91 Å². The summed E-state index contributed by atoms with van der Waals surface area (Å²) in [5, 5.41) is 3.04. The van der Waals surface area contributed by atoms with E-state index < -0.39 is 0 Å². The molecule has 2 aromatic carbocycles. The SMILES string of the molecule is CCCCOc1ccc(C(=O)Nc2ccccc2N2CCN(C(=O)CC)CC2)cc1. The number of amides is 2. The van der Waals surface area contributed by atoms with E-state index in [9.17, 15) is 9.59 Å². The molecule has 0 aromatic heterocycles. The molecule has 6 nitrogen and oxygen atoms in total. The predicted octanol–water partition coefficient (Wildman–Crippen LogP) is 4.18. The number of unbranched alkanes of at least 4 members (excludes halogenated alkanes) is 1. The molecule has 0 saturated carbocycles. The Bertz CT molecular complexity index is 843. The second kappa shape index (κ2) is 10.7. The molecule has 0 atom stereocenters. The Morgan fingerprint density at radius 2 is 1.67 bits per heavy atom. The number of hydrogen-bond acceptors (Lipinski definition) is 4. The summed E-state index contributed by atoms with van der Waals surface area (Å²) >= 11 is 0. The smallest absolute Gasteiger partial charge is 0.255 e. The minimum absolute atomic E-state index is 0.151. The van der Waals surface area contributed by atoms with Crippen molar-refractivity contribution < 1.29 is 14.3 Å². The van der Waals surface area contributed by atoms with E-state index >= 15 is 0 Å². The third-order valence-corrected chi connectivity index (χ3v) is 5.31. The predicted molar refractivity (Wildman–Crippen MR) is 120 cm³/mol. The highest BCUT2D eigenvalue weighted by atomic mass is 16.5. The molecule has 1 aliphatic rings. The van der Waals surface area contributed by atoms with Crippen LogP contribution < -0.4 is 15.0 Å². The summed E-state index contributed by atoms with van der Waals surface area (Å²) in [4.78, 5) is 28.8. The van der Waals surface area contributed by atoms with Gasteiger partial charge in [-0.1, -0.05) is 32.4 Å². The third kappa shape index (κ3) is 5.53. The Balaban J connectivity index is 1.63. The van der Waals surface area contributed by atoms with Gasteiger partial charge in [-0.3, -0.25) is 9.59 Å². The molecule has 30 heavy (non-hydrogen) atoms. The molecule has 3 rings (SSSR count). The van der Waals surface area contributed by atoms with Gasteiger partial charge in [0, 0.05) is 38.2 Å². The van der Waals surface area contributed by atoms with Crippen molar-refractivity contribution in [3.05, 3.63) is 54.1 Å². The first-order valence-corrected chi connectivity index (χ1v) is 10.8. The zero-order valence-electron chi connectivity index (χ0n) is 17.9. The zero-order chi connectivity index (χ0) is 21.3. The van der Waals surface area contributed by atoms with Crippen LogP contribution in [0.15, 0.2) is 48.5 Å². The van der Waals surface area contributed by atoms with Gasteiger partial charge < -0.3 is 19.9 Å². The molecule has 0 aliphatic carbocycles. The number of nitrogens with zero attached hydrogens (tertiary/aromatic N) is 2. The van der Waals surface area contributed by atoms with Gasteiger partial charge in [0.25, 0.3) is 5.91 Å². The van der Waals surface area contributed by atoms with Crippen molar-refractivity contribution in [2.45, 2.75) is 33.1 Å². The number of para-hydroxylation sites is 2. The lowest BCUT2D eigenvalue weighted by Gasteiger charge is -2.36. The third-order valence-electron chi connectivity index (χ3n) is 5.31. The summed E-state index contributed by atoms with van der Waals surface area (Å²) in [6.07, 6.45) is 2.64. The van der Waals surface area contributed by atoms with Gasteiger partial charge in [0.1, 0.15) is 5.75 Å². The van der Waals surface area contributed by atoms with Gasteiger partial charge in [-0.15, -0.1) is 0 Å². The molecule has 1 N–H and O–H groups in total. The van der Waals surface area contributed by atoms with Crippen molar-refractivity contribution in [2.75, 3.05) is 43.0 Å². The van der Waals surface area contributed by atoms with Gasteiger partial charge in [0.15, 0.2) is 0 Å². The molecule has 160 valence electrons. The van der Waals surface area contributed by atoms with E-state index in [1.165, 1.54) is 0 Å². The fourth-order valence-electron chi connectivity index (χ4n) is 3.51. The van der Waals surface area contributed by atoms with Crippen LogP contribution in [-0.2, 0) is 4.79 Å². The standard InChI is InChI=1S/C24H31N3O3/c1-3-5-18-30-20-12-10-19(11-13-20)24(29)25-21-8-6-7-9-22(21)26-14-16-27(17-15-26)23(28)4-2/h6-13H,3-5,14-18H2,1-2H3,(H,25,29).